The molecule has 2 saturated heterocycles. The van der Waals surface area contributed by atoms with E-state index in [4.69, 9.17) is 0 Å². The van der Waals surface area contributed by atoms with Crippen LogP contribution in [0.4, 0.5) is 20.3 Å². The first-order valence-electron chi connectivity index (χ1n) is 13.9. The summed E-state index contributed by atoms with van der Waals surface area (Å²) >= 11 is 0. The second-order valence-electron chi connectivity index (χ2n) is 10.3. The predicted octanol–water partition coefficient (Wildman–Crippen LogP) is 5.11. The molecule has 1 unspecified atom stereocenters. The number of nitrogens with one attached hydrogen (secondary N) is 2. The van der Waals surface area contributed by atoms with Gasteiger partial charge < -0.3 is 10.6 Å². The Morgan fingerprint density at radius 3 is 2.62 bits per heavy atom. The van der Waals surface area contributed by atoms with E-state index in [1.807, 2.05) is 19.3 Å². The third-order valence-electron chi connectivity index (χ3n) is 7.73. The summed E-state index contributed by atoms with van der Waals surface area (Å²) in [6, 6.07) is 8.38. The number of fused-ring (bicyclic) bond motifs is 2. The molecule has 2 N–H and O–H groups in total. The molecule has 0 radical (unpaired) electrons. The molecule has 2 aliphatic rings. The smallest absolute Gasteiger partial charge is 0.149 e. The lowest BCUT2D eigenvalue weighted by Crippen LogP contribution is -2.53. The number of rotatable bonds is 13. The quantitative estimate of drug-likeness (QED) is 0.275. The number of pyridine rings is 1. The molecule has 2 fully saturated rings. The minimum Gasteiger partial charge on any atom is -0.351 e. The van der Waals surface area contributed by atoms with Gasteiger partial charge in [0, 0.05) is 43.5 Å². The van der Waals surface area contributed by atoms with Crippen LogP contribution in [0, 0.1) is 5.82 Å². The molecule has 2 bridgehead atoms. The van der Waals surface area contributed by atoms with Crippen molar-refractivity contribution in [2.45, 2.75) is 58.2 Å². The van der Waals surface area contributed by atoms with Crippen molar-refractivity contribution in [2.24, 2.45) is 9.98 Å². The molecule has 7 nitrogen and oxygen atoms in total. The van der Waals surface area contributed by atoms with Crippen molar-refractivity contribution in [3.8, 4) is 0 Å². The predicted molar refractivity (Wildman–Crippen MR) is 156 cm³/mol. The second kappa shape index (κ2) is 13.9. The summed E-state index contributed by atoms with van der Waals surface area (Å²) in [6.45, 7) is 12.5. The van der Waals surface area contributed by atoms with Crippen LogP contribution >= 0.6 is 0 Å². The highest BCUT2D eigenvalue weighted by Crippen LogP contribution is 2.30. The van der Waals surface area contributed by atoms with Gasteiger partial charge in [0.2, 0.25) is 0 Å². The van der Waals surface area contributed by atoms with E-state index in [1.54, 1.807) is 13.0 Å². The monoisotopic (exact) mass is 537 g/mol. The van der Waals surface area contributed by atoms with E-state index in [9.17, 15) is 8.78 Å². The van der Waals surface area contributed by atoms with Gasteiger partial charge in [-0.2, -0.15) is 0 Å². The third-order valence-corrected chi connectivity index (χ3v) is 7.73. The minimum absolute atomic E-state index is 0.0897. The van der Waals surface area contributed by atoms with Crippen molar-refractivity contribution in [2.75, 3.05) is 45.2 Å². The molecular formula is C30H41F2N7. The fourth-order valence-corrected chi connectivity index (χ4v) is 5.86. The molecule has 210 valence electrons. The Hall–Kier alpha value is -3.01. The molecule has 39 heavy (non-hydrogen) atoms. The van der Waals surface area contributed by atoms with Gasteiger partial charge >= 0.3 is 0 Å². The number of halogens is 2. The summed E-state index contributed by atoms with van der Waals surface area (Å²) in [7, 11) is 1.86. The van der Waals surface area contributed by atoms with Gasteiger partial charge in [0.25, 0.3) is 0 Å². The molecule has 2 aromatic rings. The zero-order valence-electron chi connectivity index (χ0n) is 23.4. The van der Waals surface area contributed by atoms with Crippen LogP contribution in [0.15, 0.2) is 52.4 Å². The molecular weight excluding hydrogens is 496 g/mol. The fraction of sp³-hybridized carbons (Fsp3) is 0.500. The lowest BCUT2D eigenvalue weighted by atomic mass is 10.00. The van der Waals surface area contributed by atoms with Crippen LogP contribution in [0.2, 0.25) is 0 Å². The molecule has 1 aromatic carbocycles. The molecule has 2 atom stereocenters. The SMILES string of the molecule is C=Nc1c(F)cc(C(=N/CNc2ccc(CN3CC4CC[C@@H](C3)N4CC)cn2)/C(F)=C\C)cc1CCCNC. The summed E-state index contributed by atoms with van der Waals surface area (Å²) in [5.74, 6) is -0.395. The number of nitrogens with zero attached hydrogens (tertiary/aromatic N) is 5. The molecule has 4 rings (SSSR count). The van der Waals surface area contributed by atoms with E-state index in [1.165, 1.54) is 30.5 Å². The van der Waals surface area contributed by atoms with Crippen LogP contribution in [-0.4, -0.2) is 79.2 Å². The molecule has 0 spiro atoms. The lowest BCUT2D eigenvalue weighted by Gasteiger charge is -2.40. The zero-order valence-corrected chi connectivity index (χ0v) is 23.4. The van der Waals surface area contributed by atoms with Crippen LogP contribution in [-0.2, 0) is 13.0 Å². The van der Waals surface area contributed by atoms with E-state index in [0.717, 1.165) is 39.1 Å². The Morgan fingerprint density at radius 2 is 2.00 bits per heavy atom. The summed E-state index contributed by atoms with van der Waals surface area (Å²) in [6.07, 6.45) is 7.20. The first-order chi connectivity index (χ1) is 19.0. The molecule has 0 amide bonds. The summed E-state index contributed by atoms with van der Waals surface area (Å²) < 4.78 is 29.7. The van der Waals surface area contributed by atoms with E-state index in [0.29, 0.717) is 35.4 Å². The number of hydrogen-bond acceptors (Lipinski definition) is 7. The molecule has 9 heteroatoms. The van der Waals surface area contributed by atoms with Crippen molar-refractivity contribution in [1.29, 1.82) is 0 Å². The number of aliphatic imine (C=N–C) groups is 2. The largest absolute Gasteiger partial charge is 0.351 e. The Bertz CT molecular complexity index is 1160. The first kappa shape index (κ1) is 29.0. The highest BCUT2D eigenvalue weighted by atomic mass is 19.1. The standard InChI is InChI=1S/C30H41F2N7/c1-5-26(31)30(23-14-22(8-7-13-33-3)29(34-4)27(32)15-23)37-20-36-28-12-9-21(16-35-28)17-38-18-24-10-11-25(19-38)39(24)6-2/h5,9,12,14-16,24-25,33H,4,6-8,10-11,13,17-20H2,1-3H3,(H,35,36)/b26-5+,37-30-/t24-,25?/m0/s1. The van der Waals surface area contributed by atoms with Crippen LogP contribution < -0.4 is 10.6 Å². The van der Waals surface area contributed by atoms with Crippen molar-refractivity contribution in [1.82, 2.24) is 20.1 Å². The zero-order chi connectivity index (χ0) is 27.8. The highest BCUT2D eigenvalue weighted by Gasteiger charge is 2.38. The number of benzene rings is 1. The van der Waals surface area contributed by atoms with Crippen LogP contribution in [0.1, 0.15) is 49.8 Å². The van der Waals surface area contributed by atoms with Gasteiger partial charge in [0.15, 0.2) is 0 Å². The lowest BCUT2D eigenvalue weighted by molar-refractivity contribution is 0.0669. The molecule has 1 aromatic heterocycles. The average molecular weight is 538 g/mol. The van der Waals surface area contributed by atoms with E-state index in [2.05, 4.69) is 55.1 Å². The number of anilines is 1. The number of allylic oxidation sites excluding steroid dienone is 2. The van der Waals surface area contributed by atoms with Crippen LogP contribution in [0.3, 0.4) is 0 Å². The molecule has 0 aliphatic carbocycles. The fourth-order valence-electron chi connectivity index (χ4n) is 5.86. The van der Waals surface area contributed by atoms with Crippen LogP contribution in [0.5, 0.6) is 0 Å². The van der Waals surface area contributed by atoms with Gasteiger partial charge in [0.05, 0.1) is 0 Å². The van der Waals surface area contributed by atoms with Gasteiger partial charge in [-0.15, -0.1) is 0 Å². The maximum Gasteiger partial charge on any atom is 0.149 e. The Morgan fingerprint density at radius 1 is 1.23 bits per heavy atom. The van der Waals surface area contributed by atoms with E-state index in [-0.39, 0.29) is 18.1 Å². The summed E-state index contributed by atoms with van der Waals surface area (Å²) in [5, 5.41) is 6.22. The number of aryl methyl sites for hydroxylation is 1. The van der Waals surface area contributed by atoms with Gasteiger partial charge in [-0.3, -0.25) is 19.8 Å². The van der Waals surface area contributed by atoms with Crippen molar-refractivity contribution in [3.05, 3.63) is 64.9 Å². The Kier molecular flexibility index (Phi) is 10.3. The Balaban J connectivity index is 1.41. The highest BCUT2D eigenvalue weighted by molar-refractivity contribution is 6.11. The van der Waals surface area contributed by atoms with Crippen LogP contribution in [0.25, 0.3) is 0 Å². The number of likely N-dealkylation sites (N-methyl/N-ethyl adjacent to an activating group) is 1. The number of piperazine rings is 1. The van der Waals surface area contributed by atoms with Crippen molar-refractivity contribution >= 4 is 23.9 Å². The first-order valence-corrected chi connectivity index (χ1v) is 13.9. The van der Waals surface area contributed by atoms with Gasteiger partial charge in [0.1, 0.15) is 35.5 Å². The Labute approximate surface area is 231 Å². The third kappa shape index (κ3) is 7.15. The normalized spacial score (nSPS) is 20.4. The van der Waals surface area contributed by atoms with Gasteiger partial charge in [-0.1, -0.05) is 13.0 Å². The number of aromatic nitrogens is 1. The number of likely N-dealkylation sites (tertiary alicyclic amines) is 1. The topological polar surface area (TPSA) is 68.2 Å². The minimum atomic E-state index is -0.534. The van der Waals surface area contributed by atoms with Gasteiger partial charge in [-0.05, 0) is 94.9 Å². The average Bonchev–Trinajstić information content (AvgIpc) is 3.20. The molecule has 3 heterocycles. The van der Waals surface area contributed by atoms with E-state index >= 15 is 0 Å². The summed E-state index contributed by atoms with van der Waals surface area (Å²) in [5.41, 5.74) is 2.52. The maximum absolute atomic E-state index is 14.9. The van der Waals surface area contributed by atoms with Gasteiger partial charge in [-0.25, -0.2) is 13.8 Å². The maximum atomic E-state index is 14.9. The molecule has 0 saturated carbocycles. The van der Waals surface area contributed by atoms with Crippen molar-refractivity contribution < 1.29 is 8.78 Å². The molecule has 2 aliphatic heterocycles. The van der Waals surface area contributed by atoms with E-state index < -0.39 is 11.6 Å². The van der Waals surface area contributed by atoms with Crippen molar-refractivity contribution in [3.63, 3.8) is 0 Å². The summed E-state index contributed by atoms with van der Waals surface area (Å²) in [4.78, 5) is 18.0. The second-order valence-corrected chi connectivity index (χ2v) is 10.3. The number of hydrogen-bond donors (Lipinski definition) is 2.